The van der Waals surface area contributed by atoms with Crippen LogP contribution in [-0.2, 0) is 22.6 Å². The van der Waals surface area contributed by atoms with Crippen LogP contribution in [0.15, 0.2) is 78.9 Å². The number of rotatable bonds is 13. The molecule has 0 fully saturated rings. The van der Waals surface area contributed by atoms with Gasteiger partial charge in [-0.25, -0.2) is 0 Å². The smallest absolute Gasteiger partial charge is 0.243 e. The minimum absolute atomic E-state index is 0.00490. The number of amides is 2. The van der Waals surface area contributed by atoms with Crippen molar-refractivity contribution >= 4 is 11.8 Å². The summed E-state index contributed by atoms with van der Waals surface area (Å²) in [6.07, 6.45) is 2.88. The molecule has 2 amide bonds. The molecule has 1 heterocycles. The maximum atomic E-state index is 13.4. The van der Waals surface area contributed by atoms with Crippen LogP contribution in [0.25, 0.3) is 22.5 Å². The lowest BCUT2D eigenvalue weighted by atomic mass is 9.97. The normalized spacial score (nSPS) is 11.8. The highest BCUT2D eigenvalue weighted by atomic mass is 16.2. The van der Waals surface area contributed by atoms with Gasteiger partial charge in [0.25, 0.3) is 0 Å². The zero-order chi connectivity index (χ0) is 28.3. The average molecular weight is 539 g/mol. The monoisotopic (exact) mass is 538 g/mol. The van der Waals surface area contributed by atoms with Crippen LogP contribution in [0.5, 0.6) is 0 Å². The van der Waals surface area contributed by atoms with Crippen molar-refractivity contribution in [1.82, 2.24) is 30.8 Å². The highest BCUT2D eigenvalue weighted by Crippen LogP contribution is 2.30. The fourth-order valence-electron chi connectivity index (χ4n) is 4.89. The minimum atomic E-state index is -0.557. The van der Waals surface area contributed by atoms with Crippen LogP contribution in [0.3, 0.4) is 0 Å². The van der Waals surface area contributed by atoms with Crippen LogP contribution in [0.2, 0.25) is 0 Å². The number of nitrogens with zero attached hydrogens (tertiary/aromatic N) is 4. The van der Waals surface area contributed by atoms with Gasteiger partial charge in [0.15, 0.2) is 0 Å². The Morgan fingerprint density at radius 3 is 2.25 bits per heavy atom. The Kier molecular flexibility index (Phi) is 10.2. The fraction of sp³-hybridized carbons (Fsp3) is 0.344. The average Bonchev–Trinajstić information content (AvgIpc) is 3.51. The van der Waals surface area contributed by atoms with E-state index in [1.54, 1.807) is 4.90 Å². The number of aromatic amines is 1. The SMILES string of the molecule is CCCCC(=O)N(Cc1ccc(-c2ccccc2-c2nn[nH]n2)cc1)[C@H](C(=O)NCCc1ccccc1)C(C)C. The summed E-state index contributed by atoms with van der Waals surface area (Å²) < 4.78 is 0. The molecular weight excluding hydrogens is 500 g/mol. The van der Waals surface area contributed by atoms with E-state index in [9.17, 15) is 9.59 Å². The molecule has 0 unspecified atom stereocenters. The molecule has 40 heavy (non-hydrogen) atoms. The van der Waals surface area contributed by atoms with E-state index < -0.39 is 6.04 Å². The highest BCUT2D eigenvalue weighted by Gasteiger charge is 2.32. The molecule has 0 aliphatic heterocycles. The number of H-pyrrole nitrogens is 1. The molecule has 0 spiro atoms. The summed E-state index contributed by atoms with van der Waals surface area (Å²) in [6, 6.07) is 25.5. The van der Waals surface area contributed by atoms with Crippen molar-refractivity contribution in [2.45, 2.75) is 59.0 Å². The number of benzene rings is 3. The van der Waals surface area contributed by atoms with E-state index in [2.05, 4.69) is 45.0 Å². The summed E-state index contributed by atoms with van der Waals surface area (Å²) in [5, 5.41) is 17.6. The van der Waals surface area contributed by atoms with Crippen LogP contribution < -0.4 is 5.32 Å². The molecule has 3 aromatic carbocycles. The van der Waals surface area contributed by atoms with Gasteiger partial charge in [-0.1, -0.05) is 106 Å². The van der Waals surface area contributed by atoms with Crippen LogP contribution in [0.4, 0.5) is 0 Å². The molecule has 1 aromatic heterocycles. The second-order valence-corrected chi connectivity index (χ2v) is 10.3. The summed E-state index contributed by atoms with van der Waals surface area (Å²) in [4.78, 5) is 28.7. The Balaban J connectivity index is 1.52. The number of carbonyl (C=O) groups is 2. The van der Waals surface area contributed by atoms with Crippen molar-refractivity contribution in [3.05, 3.63) is 90.0 Å². The van der Waals surface area contributed by atoms with Gasteiger partial charge in [-0.2, -0.15) is 5.21 Å². The topological polar surface area (TPSA) is 104 Å². The van der Waals surface area contributed by atoms with E-state index in [0.717, 1.165) is 41.5 Å². The third kappa shape index (κ3) is 7.40. The van der Waals surface area contributed by atoms with Gasteiger partial charge in [0.1, 0.15) is 6.04 Å². The van der Waals surface area contributed by atoms with Gasteiger partial charge in [-0.3, -0.25) is 9.59 Å². The van der Waals surface area contributed by atoms with Crippen LogP contribution in [0.1, 0.15) is 51.2 Å². The molecule has 4 rings (SSSR count). The van der Waals surface area contributed by atoms with Crippen molar-refractivity contribution in [3.8, 4) is 22.5 Å². The number of tetrazole rings is 1. The molecule has 0 saturated heterocycles. The number of hydrogen-bond donors (Lipinski definition) is 2. The second kappa shape index (κ2) is 14.2. The Bertz CT molecular complexity index is 1350. The number of unbranched alkanes of at least 4 members (excludes halogenated alkanes) is 1. The van der Waals surface area contributed by atoms with E-state index in [1.807, 2.05) is 80.6 Å². The molecule has 208 valence electrons. The molecule has 2 N–H and O–H groups in total. The zero-order valence-electron chi connectivity index (χ0n) is 23.5. The first-order valence-electron chi connectivity index (χ1n) is 14.0. The molecule has 4 aromatic rings. The maximum absolute atomic E-state index is 13.4. The first-order chi connectivity index (χ1) is 19.5. The summed E-state index contributed by atoms with van der Waals surface area (Å²) in [5.41, 5.74) is 5.01. The van der Waals surface area contributed by atoms with Crippen molar-refractivity contribution in [1.29, 1.82) is 0 Å². The number of nitrogens with one attached hydrogen (secondary N) is 2. The Morgan fingerprint density at radius 1 is 0.900 bits per heavy atom. The largest absolute Gasteiger partial charge is 0.354 e. The molecule has 1 atom stereocenters. The third-order valence-corrected chi connectivity index (χ3v) is 6.99. The predicted octanol–water partition coefficient (Wildman–Crippen LogP) is 5.44. The molecule has 0 bridgehead atoms. The molecule has 0 radical (unpaired) electrons. The quantitative estimate of drug-likeness (QED) is 0.236. The standard InChI is InChI=1S/C32H38N6O2/c1-4-5-15-29(39)38(30(23(2)3)32(40)33-21-20-24-11-7-6-8-12-24)22-25-16-18-26(19-17-25)27-13-9-10-14-28(27)31-34-36-37-35-31/h6-14,16-19,23,30H,4-5,15,20-22H2,1-3H3,(H,33,40)(H,34,35,36,37)/t30-/m0/s1. The zero-order valence-corrected chi connectivity index (χ0v) is 23.5. The lowest BCUT2D eigenvalue weighted by Gasteiger charge is -2.34. The van der Waals surface area contributed by atoms with Crippen molar-refractivity contribution in [3.63, 3.8) is 0 Å². The number of aromatic nitrogens is 4. The minimum Gasteiger partial charge on any atom is -0.354 e. The Hall–Kier alpha value is -4.33. The highest BCUT2D eigenvalue weighted by molar-refractivity contribution is 5.88. The van der Waals surface area contributed by atoms with Crippen molar-refractivity contribution in [2.75, 3.05) is 6.54 Å². The molecular formula is C32H38N6O2. The van der Waals surface area contributed by atoms with Crippen molar-refractivity contribution < 1.29 is 9.59 Å². The fourth-order valence-corrected chi connectivity index (χ4v) is 4.89. The number of hydrogen-bond acceptors (Lipinski definition) is 5. The van der Waals surface area contributed by atoms with Gasteiger partial charge in [0.05, 0.1) is 0 Å². The summed E-state index contributed by atoms with van der Waals surface area (Å²) in [7, 11) is 0. The molecule has 0 aliphatic carbocycles. The van der Waals surface area contributed by atoms with Crippen LogP contribution in [-0.4, -0.2) is 49.9 Å². The van der Waals surface area contributed by atoms with Crippen LogP contribution >= 0.6 is 0 Å². The molecule has 8 heteroatoms. The molecule has 0 aliphatic rings. The van der Waals surface area contributed by atoms with Gasteiger partial charge < -0.3 is 10.2 Å². The predicted molar refractivity (Wildman–Crippen MR) is 157 cm³/mol. The lowest BCUT2D eigenvalue weighted by Crippen LogP contribution is -2.52. The van der Waals surface area contributed by atoms with Gasteiger partial charge in [0, 0.05) is 25.1 Å². The van der Waals surface area contributed by atoms with Gasteiger partial charge in [-0.05, 0) is 46.2 Å². The maximum Gasteiger partial charge on any atom is 0.243 e. The molecule has 8 nitrogen and oxygen atoms in total. The Morgan fingerprint density at radius 2 is 1.60 bits per heavy atom. The van der Waals surface area contributed by atoms with E-state index in [-0.39, 0.29) is 17.7 Å². The van der Waals surface area contributed by atoms with Gasteiger partial charge in [-0.15, -0.1) is 10.2 Å². The van der Waals surface area contributed by atoms with Gasteiger partial charge >= 0.3 is 0 Å². The van der Waals surface area contributed by atoms with E-state index in [4.69, 9.17) is 0 Å². The summed E-state index contributed by atoms with van der Waals surface area (Å²) >= 11 is 0. The molecule has 0 saturated carbocycles. The van der Waals surface area contributed by atoms with Crippen LogP contribution in [0, 0.1) is 5.92 Å². The second-order valence-electron chi connectivity index (χ2n) is 10.3. The summed E-state index contributed by atoms with van der Waals surface area (Å²) in [6.45, 7) is 6.96. The third-order valence-electron chi connectivity index (χ3n) is 6.99. The van der Waals surface area contributed by atoms with E-state index in [0.29, 0.717) is 25.3 Å². The van der Waals surface area contributed by atoms with Gasteiger partial charge in [0.2, 0.25) is 17.6 Å². The Labute approximate surface area is 236 Å². The first kappa shape index (κ1) is 28.7. The lowest BCUT2D eigenvalue weighted by molar-refractivity contribution is -0.143. The summed E-state index contributed by atoms with van der Waals surface area (Å²) in [5.74, 6) is 0.389. The van der Waals surface area contributed by atoms with E-state index >= 15 is 0 Å². The first-order valence-corrected chi connectivity index (χ1v) is 14.0. The van der Waals surface area contributed by atoms with E-state index in [1.165, 1.54) is 5.56 Å². The van der Waals surface area contributed by atoms with Crippen molar-refractivity contribution in [2.24, 2.45) is 5.92 Å². The number of carbonyl (C=O) groups excluding carboxylic acids is 2.